The summed E-state index contributed by atoms with van der Waals surface area (Å²) in [5.41, 5.74) is 13.3. The minimum Gasteiger partial charge on any atom is -0.456 e. The molecule has 0 aliphatic carbocycles. The molecular formula is C52H32N4O. The van der Waals surface area contributed by atoms with Gasteiger partial charge < -0.3 is 4.42 Å². The van der Waals surface area contributed by atoms with E-state index in [0.717, 1.165) is 77.6 Å². The van der Waals surface area contributed by atoms with E-state index in [1.807, 2.05) is 91.0 Å². The van der Waals surface area contributed by atoms with E-state index >= 15 is 0 Å². The van der Waals surface area contributed by atoms with Crippen molar-refractivity contribution in [2.45, 2.75) is 0 Å². The Morgan fingerprint density at radius 2 is 0.860 bits per heavy atom. The van der Waals surface area contributed by atoms with E-state index in [0.29, 0.717) is 23.0 Å². The Labute approximate surface area is 329 Å². The van der Waals surface area contributed by atoms with Crippen LogP contribution in [0.5, 0.6) is 0 Å². The summed E-state index contributed by atoms with van der Waals surface area (Å²) in [6.45, 7) is 0. The summed E-state index contributed by atoms with van der Waals surface area (Å²) >= 11 is 0. The smallest absolute Gasteiger partial charge is 0.164 e. The van der Waals surface area contributed by atoms with Gasteiger partial charge in [-0.3, -0.25) is 0 Å². The Morgan fingerprint density at radius 3 is 1.56 bits per heavy atom. The minimum atomic E-state index is 0.537. The van der Waals surface area contributed by atoms with Crippen molar-refractivity contribution in [3.8, 4) is 84.7 Å². The van der Waals surface area contributed by atoms with Crippen LogP contribution in [0.2, 0.25) is 0 Å². The van der Waals surface area contributed by atoms with Crippen LogP contribution in [0.4, 0.5) is 0 Å². The Kier molecular flexibility index (Phi) is 8.48. The molecule has 0 bridgehead atoms. The van der Waals surface area contributed by atoms with Crippen molar-refractivity contribution in [3.05, 3.63) is 200 Å². The van der Waals surface area contributed by atoms with Crippen LogP contribution >= 0.6 is 0 Å². The van der Waals surface area contributed by atoms with Gasteiger partial charge in [0.2, 0.25) is 0 Å². The molecule has 8 aromatic carbocycles. The highest BCUT2D eigenvalue weighted by molar-refractivity contribution is 6.13. The molecule has 0 amide bonds. The third-order valence-corrected chi connectivity index (χ3v) is 10.3. The lowest BCUT2D eigenvalue weighted by molar-refractivity contribution is 0.669. The van der Waals surface area contributed by atoms with E-state index in [2.05, 4.69) is 109 Å². The molecule has 57 heavy (non-hydrogen) atoms. The molecule has 0 spiro atoms. The highest BCUT2D eigenvalue weighted by Gasteiger charge is 2.18. The van der Waals surface area contributed by atoms with Gasteiger partial charge in [-0.2, -0.15) is 5.26 Å². The third kappa shape index (κ3) is 6.52. The average Bonchev–Trinajstić information content (AvgIpc) is 3.68. The van der Waals surface area contributed by atoms with Crippen LogP contribution in [0.15, 0.2) is 199 Å². The fraction of sp³-hybridized carbons (Fsp3) is 0. The van der Waals surface area contributed by atoms with E-state index < -0.39 is 0 Å². The molecule has 0 aliphatic rings. The van der Waals surface area contributed by atoms with Gasteiger partial charge >= 0.3 is 0 Å². The van der Waals surface area contributed by atoms with Crippen molar-refractivity contribution in [1.29, 1.82) is 5.26 Å². The zero-order chi connectivity index (χ0) is 38.1. The fourth-order valence-electron chi connectivity index (χ4n) is 7.54. The summed E-state index contributed by atoms with van der Waals surface area (Å²) in [6.07, 6.45) is 0. The Morgan fingerprint density at radius 1 is 0.351 bits per heavy atom. The van der Waals surface area contributed by atoms with Gasteiger partial charge in [0, 0.05) is 27.5 Å². The second-order valence-corrected chi connectivity index (χ2v) is 14.0. The maximum atomic E-state index is 9.69. The molecule has 0 atom stereocenters. The van der Waals surface area contributed by atoms with Gasteiger partial charge in [0.25, 0.3) is 0 Å². The predicted molar refractivity (Wildman–Crippen MR) is 230 cm³/mol. The molecule has 0 radical (unpaired) electrons. The molecule has 0 fully saturated rings. The lowest BCUT2D eigenvalue weighted by atomic mass is 9.95. The van der Waals surface area contributed by atoms with Crippen molar-refractivity contribution in [2.75, 3.05) is 0 Å². The monoisotopic (exact) mass is 728 g/mol. The number of rotatable bonds is 7. The average molecular weight is 729 g/mol. The van der Waals surface area contributed by atoms with Crippen LogP contribution < -0.4 is 0 Å². The Hall–Kier alpha value is -7.94. The van der Waals surface area contributed by atoms with Gasteiger partial charge in [0.05, 0.1) is 11.6 Å². The van der Waals surface area contributed by atoms with Crippen LogP contribution in [-0.4, -0.2) is 15.0 Å². The van der Waals surface area contributed by atoms with Crippen LogP contribution in [0, 0.1) is 11.3 Å². The first kappa shape index (κ1) is 33.6. The summed E-state index contributed by atoms with van der Waals surface area (Å²) in [5, 5.41) is 11.8. The van der Waals surface area contributed by atoms with Gasteiger partial charge in [-0.1, -0.05) is 140 Å². The van der Waals surface area contributed by atoms with Crippen LogP contribution in [-0.2, 0) is 0 Å². The van der Waals surface area contributed by atoms with E-state index in [1.165, 1.54) is 5.56 Å². The second-order valence-electron chi connectivity index (χ2n) is 14.0. The lowest BCUT2D eigenvalue weighted by Crippen LogP contribution is -2.00. The molecule has 0 N–H and O–H groups in total. The standard InChI is InChI=1S/C52H32N4O/c53-33-34-13-10-20-38(27-34)43-29-42(36-16-6-2-7-17-36)30-44(31-43)52-55-50(37-18-8-3-9-19-37)54-51(56-52)41-25-26-46-48(32-41)57-47-24-12-23-45(49(46)47)40-22-11-21-39(28-40)35-14-4-1-5-15-35/h1-32H. The largest absolute Gasteiger partial charge is 0.456 e. The molecule has 5 nitrogen and oxygen atoms in total. The molecule has 0 unspecified atom stereocenters. The molecule has 266 valence electrons. The number of hydrogen-bond acceptors (Lipinski definition) is 5. The van der Waals surface area contributed by atoms with Crippen LogP contribution in [0.25, 0.3) is 101 Å². The Balaban J connectivity index is 1.13. The zero-order valence-electron chi connectivity index (χ0n) is 30.7. The molecule has 0 saturated heterocycles. The van der Waals surface area contributed by atoms with Gasteiger partial charge in [0.1, 0.15) is 11.2 Å². The fourth-order valence-corrected chi connectivity index (χ4v) is 7.54. The highest BCUT2D eigenvalue weighted by atomic mass is 16.3. The van der Waals surface area contributed by atoms with E-state index in [9.17, 15) is 5.26 Å². The van der Waals surface area contributed by atoms with Crippen molar-refractivity contribution >= 4 is 21.9 Å². The number of benzene rings is 8. The predicted octanol–water partition coefficient (Wildman–Crippen LogP) is 13.3. The number of nitrogens with zero attached hydrogens (tertiary/aromatic N) is 4. The SMILES string of the molecule is N#Cc1cccc(-c2cc(-c3ccccc3)cc(-c3nc(-c4ccccc4)nc(-c4ccc5c(c4)oc4cccc(-c6cccc(-c7ccccc7)c6)c45)n3)c2)c1. The first-order chi connectivity index (χ1) is 28.2. The summed E-state index contributed by atoms with van der Waals surface area (Å²) in [7, 11) is 0. The summed E-state index contributed by atoms with van der Waals surface area (Å²) in [4.78, 5) is 15.3. The van der Waals surface area contributed by atoms with Crippen molar-refractivity contribution in [3.63, 3.8) is 0 Å². The normalized spacial score (nSPS) is 11.1. The molecule has 2 heterocycles. The van der Waals surface area contributed by atoms with Gasteiger partial charge in [-0.05, 0) is 99.1 Å². The molecule has 0 saturated carbocycles. The zero-order valence-corrected chi connectivity index (χ0v) is 30.7. The van der Waals surface area contributed by atoms with Crippen molar-refractivity contribution < 1.29 is 4.42 Å². The second kappa shape index (κ2) is 14.4. The molecular weight excluding hydrogens is 697 g/mol. The van der Waals surface area contributed by atoms with Gasteiger partial charge in [-0.25, -0.2) is 15.0 Å². The van der Waals surface area contributed by atoms with Crippen LogP contribution in [0.3, 0.4) is 0 Å². The van der Waals surface area contributed by atoms with Crippen LogP contribution in [0.1, 0.15) is 5.56 Å². The third-order valence-electron chi connectivity index (χ3n) is 10.3. The Bertz CT molecular complexity index is 3130. The lowest BCUT2D eigenvalue weighted by Gasteiger charge is -2.12. The van der Waals surface area contributed by atoms with Gasteiger partial charge in [0.15, 0.2) is 17.5 Å². The maximum absolute atomic E-state index is 9.69. The minimum absolute atomic E-state index is 0.537. The quantitative estimate of drug-likeness (QED) is 0.163. The highest BCUT2D eigenvalue weighted by Crippen LogP contribution is 2.40. The molecule has 2 aromatic heterocycles. The number of furan rings is 1. The van der Waals surface area contributed by atoms with Gasteiger partial charge in [-0.15, -0.1) is 0 Å². The van der Waals surface area contributed by atoms with Crippen molar-refractivity contribution in [2.24, 2.45) is 0 Å². The van der Waals surface area contributed by atoms with E-state index in [1.54, 1.807) is 0 Å². The first-order valence-corrected chi connectivity index (χ1v) is 18.8. The maximum Gasteiger partial charge on any atom is 0.164 e. The molecule has 10 aromatic rings. The number of aromatic nitrogens is 3. The molecule has 5 heteroatoms. The summed E-state index contributed by atoms with van der Waals surface area (Å²) in [6, 6.07) is 68.1. The number of hydrogen-bond donors (Lipinski definition) is 0. The van der Waals surface area contributed by atoms with Crippen molar-refractivity contribution in [1.82, 2.24) is 15.0 Å². The molecule has 10 rings (SSSR count). The number of fused-ring (bicyclic) bond motifs is 3. The van der Waals surface area contributed by atoms with E-state index in [-0.39, 0.29) is 0 Å². The first-order valence-electron chi connectivity index (χ1n) is 18.8. The summed E-state index contributed by atoms with van der Waals surface area (Å²) in [5.74, 6) is 1.65. The number of nitriles is 1. The molecule has 0 aliphatic heterocycles. The van der Waals surface area contributed by atoms with E-state index in [4.69, 9.17) is 19.4 Å². The summed E-state index contributed by atoms with van der Waals surface area (Å²) < 4.78 is 6.58. The topological polar surface area (TPSA) is 75.6 Å².